The fraction of sp³-hybridized carbons (Fsp3) is 0.143. The average molecular weight is 287 g/mol. The van der Waals surface area contributed by atoms with Gasteiger partial charge in [-0.1, -0.05) is 6.07 Å². The molecule has 2 rings (SSSR count). The van der Waals surface area contributed by atoms with Crippen molar-refractivity contribution >= 4 is 5.69 Å². The molecule has 0 saturated carbocycles. The number of anilines is 1. The van der Waals surface area contributed by atoms with Crippen molar-refractivity contribution in [3.8, 4) is 0 Å². The second-order valence-corrected chi connectivity index (χ2v) is 4.16. The smallest absolute Gasteiger partial charge is 0.381 e. The summed E-state index contributed by atoms with van der Waals surface area (Å²) in [6, 6.07) is 7.53. The van der Waals surface area contributed by atoms with Crippen molar-refractivity contribution in [2.75, 3.05) is 5.32 Å². The summed E-state index contributed by atoms with van der Waals surface area (Å²) in [6.07, 6.45) is -4.39. The van der Waals surface area contributed by atoms with Crippen LogP contribution in [0.25, 0.3) is 0 Å². The summed E-state index contributed by atoms with van der Waals surface area (Å²) in [5, 5.41) is 2.77. The van der Waals surface area contributed by atoms with Crippen LogP contribution in [0.2, 0.25) is 0 Å². The van der Waals surface area contributed by atoms with Gasteiger partial charge in [0.1, 0.15) is 11.6 Å². The highest BCUT2D eigenvalue weighted by atomic mass is 19.4. The molecule has 0 fully saturated rings. The third-order valence-corrected chi connectivity index (χ3v) is 2.71. The Hall–Kier alpha value is -2.11. The molecule has 106 valence electrons. The summed E-state index contributed by atoms with van der Waals surface area (Å²) in [6.45, 7) is 0.0531. The van der Waals surface area contributed by atoms with Gasteiger partial charge in [0.05, 0.1) is 5.56 Å². The molecule has 0 aliphatic heterocycles. The number of hydrogen-bond acceptors (Lipinski definition) is 1. The highest BCUT2D eigenvalue weighted by Gasteiger charge is 2.29. The van der Waals surface area contributed by atoms with E-state index in [-0.39, 0.29) is 12.1 Å². The first-order valence-electron chi connectivity index (χ1n) is 5.71. The van der Waals surface area contributed by atoms with Crippen LogP contribution < -0.4 is 5.32 Å². The third-order valence-electron chi connectivity index (χ3n) is 2.71. The van der Waals surface area contributed by atoms with Crippen molar-refractivity contribution < 1.29 is 22.0 Å². The molecule has 0 amide bonds. The van der Waals surface area contributed by atoms with Gasteiger partial charge in [-0.2, -0.15) is 13.2 Å². The van der Waals surface area contributed by atoms with Crippen LogP contribution in [0.4, 0.5) is 27.6 Å². The second kappa shape index (κ2) is 5.48. The molecule has 1 nitrogen and oxygen atoms in total. The average Bonchev–Trinajstić information content (AvgIpc) is 2.37. The van der Waals surface area contributed by atoms with Gasteiger partial charge in [-0.15, -0.1) is 0 Å². The lowest BCUT2D eigenvalue weighted by atomic mass is 10.1. The van der Waals surface area contributed by atoms with Crippen LogP contribution in [0.3, 0.4) is 0 Å². The maximum Gasteiger partial charge on any atom is 0.416 e. The van der Waals surface area contributed by atoms with E-state index in [2.05, 4.69) is 5.32 Å². The van der Waals surface area contributed by atoms with Gasteiger partial charge in [-0.3, -0.25) is 0 Å². The van der Waals surface area contributed by atoms with Crippen LogP contribution in [0.1, 0.15) is 11.1 Å². The summed E-state index contributed by atoms with van der Waals surface area (Å²) >= 11 is 0. The maximum atomic E-state index is 13.3. The van der Waals surface area contributed by atoms with Gasteiger partial charge in [0.15, 0.2) is 0 Å². The number of halogens is 5. The van der Waals surface area contributed by atoms with Gasteiger partial charge in [-0.05, 0) is 30.3 Å². The Morgan fingerprint density at radius 1 is 0.900 bits per heavy atom. The number of hydrogen-bond donors (Lipinski definition) is 1. The van der Waals surface area contributed by atoms with Crippen LogP contribution in [-0.2, 0) is 12.7 Å². The SMILES string of the molecule is Fc1ccc(CNc2ccc(C(F)(F)F)cc2)c(F)c1. The fourth-order valence-corrected chi connectivity index (χ4v) is 1.64. The van der Waals surface area contributed by atoms with Crippen molar-refractivity contribution in [3.05, 3.63) is 65.2 Å². The highest BCUT2D eigenvalue weighted by molar-refractivity contribution is 5.45. The van der Waals surface area contributed by atoms with Crippen LogP contribution in [0.5, 0.6) is 0 Å². The van der Waals surface area contributed by atoms with Crippen molar-refractivity contribution in [2.24, 2.45) is 0 Å². The van der Waals surface area contributed by atoms with Gasteiger partial charge in [-0.25, -0.2) is 8.78 Å². The first-order chi connectivity index (χ1) is 9.36. The zero-order valence-electron chi connectivity index (χ0n) is 10.1. The Balaban J connectivity index is 2.04. The molecule has 0 spiro atoms. The Bertz CT molecular complexity index is 590. The van der Waals surface area contributed by atoms with E-state index in [0.29, 0.717) is 5.69 Å². The van der Waals surface area contributed by atoms with E-state index < -0.39 is 23.4 Å². The topological polar surface area (TPSA) is 12.0 Å². The highest BCUT2D eigenvalue weighted by Crippen LogP contribution is 2.29. The summed E-state index contributed by atoms with van der Waals surface area (Å²) in [5.74, 6) is -1.38. The van der Waals surface area contributed by atoms with E-state index in [1.807, 2.05) is 0 Å². The van der Waals surface area contributed by atoms with Gasteiger partial charge in [0.25, 0.3) is 0 Å². The predicted molar refractivity (Wildman–Crippen MR) is 65.1 cm³/mol. The van der Waals surface area contributed by atoms with Crippen LogP contribution in [0, 0.1) is 11.6 Å². The molecule has 0 aromatic heterocycles. The second-order valence-electron chi connectivity index (χ2n) is 4.16. The minimum atomic E-state index is -4.39. The molecule has 20 heavy (non-hydrogen) atoms. The number of nitrogens with one attached hydrogen (secondary N) is 1. The lowest BCUT2D eigenvalue weighted by molar-refractivity contribution is -0.137. The molecule has 1 N–H and O–H groups in total. The predicted octanol–water partition coefficient (Wildman–Crippen LogP) is 4.60. The van der Waals surface area contributed by atoms with Crippen molar-refractivity contribution in [2.45, 2.75) is 12.7 Å². The van der Waals surface area contributed by atoms with Gasteiger partial charge < -0.3 is 5.32 Å². The van der Waals surface area contributed by atoms with E-state index in [0.717, 1.165) is 24.3 Å². The summed E-state index contributed by atoms with van der Waals surface area (Å²) in [4.78, 5) is 0. The van der Waals surface area contributed by atoms with Gasteiger partial charge >= 0.3 is 6.18 Å². The van der Waals surface area contributed by atoms with Crippen molar-refractivity contribution in [3.63, 3.8) is 0 Å². The molecule has 0 aliphatic carbocycles. The number of benzene rings is 2. The molecule has 6 heteroatoms. The Kier molecular flexibility index (Phi) is 3.92. The number of rotatable bonds is 3. The molecule has 0 unspecified atom stereocenters. The molecule has 0 heterocycles. The molecule has 0 bridgehead atoms. The lowest BCUT2D eigenvalue weighted by Gasteiger charge is -2.10. The fourth-order valence-electron chi connectivity index (χ4n) is 1.64. The van der Waals surface area contributed by atoms with E-state index in [1.54, 1.807) is 0 Å². The molecule has 0 atom stereocenters. The van der Waals surface area contributed by atoms with Gasteiger partial charge in [0, 0.05) is 23.9 Å². The zero-order chi connectivity index (χ0) is 14.8. The molecule has 0 radical (unpaired) electrons. The van der Waals surface area contributed by atoms with E-state index >= 15 is 0 Å². The molecular weight excluding hydrogens is 277 g/mol. The Morgan fingerprint density at radius 2 is 1.55 bits per heavy atom. The normalized spacial score (nSPS) is 11.4. The van der Waals surface area contributed by atoms with Crippen molar-refractivity contribution in [1.82, 2.24) is 0 Å². The quantitative estimate of drug-likeness (QED) is 0.814. The number of alkyl halides is 3. The monoisotopic (exact) mass is 287 g/mol. The van der Waals surface area contributed by atoms with Crippen LogP contribution in [0.15, 0.2) is 42.5 Å². The maximum absolute atomic E-state index is 13.3. The Labute approximate surface area is 112 Å². The molecular formula is C14H10F5N. The van der Waals surface area contributed by atoms with Crippen LogP contribution in [-0.4, -0.2) is 0 Å². The molecule has 2 aromatic rings. The standard InChI is InChI=1S/C14H10F5N/c15-11-4-1-9(13(16)7-11)8-20-12-5-2-10(3-6-12)14(17,18)19/h1-7,20H,8H2. The van der Waals surface area contributed by atoms with E-state index in [9.17, 15) is 22.0 Å². The van der Waals surface area contributed by atoms with E-state index in [4.69, 9.17) is 0 Å². The Morgan fingerprint density at radius 3 is 2.10 bits per heavy atom. The largest absolute Gasteiger partial charge is 0.416 e. The first-order valence-corrected chi connectivity index (χ1v) is 5.71. The molecule has 0 saturated heterocycles. The minimum absolute atomic E-state index is 0.0531. The molecule has 2 aromatic carbocycles. The summed E-state index contributed by atoms with van der Waals surface area (Å²) in [7, 11) is 0. The van der Waals surface area contributed by atoms with E-state index in [1.165, 1.54) is 18.2 Å². The first kappa shape index (κ1) is 14.3. The zero-order valence-corrected chi connectivity index (χ0v) is 10.1. The summed E-state index contributed by atoms with van der Waals surface area (Å²) < 4.78 is 63.1. The lowest BCUT2D eigenvalue weighted by Crippen LogP contribution is -2.06. The minimum Gasteiger partial charge on any atom is -0.381 e. The van der Waals surface area contributed by atoms with Crippen LogP contribution >= 0.6 is 0 Å². The van der Waals surface area contributed by atoms with Gasteiger partial charge in [0.2, 0.25) is 0 Å². The molecule has 0 aliphatic rings. The summed E-state index contributed by atoms with van der Waals surface area (Å²) in [5.41, 5.74) is -0.107. The third kappa shape index (κ3) is 3.46. The van der Waals surface area contributed by atoms with Crippen molar-refractivity contribution in [1.29, 1.82) is 0 Å².